The Bertz CT molecular complexity index is 617. The van der Waals surface area contributed by atoms with Crippen molar-refractivity contribution in [3.8, 4) is 0 Å². The van der Waals surface area contributed by atoms with Crippen LogP contribution in [0.4, 0.5) is 9.18 Å². The van der Waals surface area contributed by atoms with Gasteiger partial charge in [-0.15, -0.1) is 0 Å². The van der Waals surface area contributed by atoms with Gasteiger partial charge in [-0.1, -0.05) is 12.8 Å². The average Bonchev–Trinajstić information content (AvgIpc) is 2.97. The van der Waals surface area contributed by atoms with Crippen molar-refractivity contribution in [2.24, 2.45) is 0 Å². The highest BCUT2D eigenvalue weighted by molar-refractivity contribution is 9.10. The van der Waals surface area contributed by atoms with Crippen molar-refractivity contribution in [3.63, 3.8) is 0 Å². The van der Waals surface area contributed by atoms with Crippen LogP contribution in [0.25, 0.3) is 0 Å². The highest BCUT2D eigenvalue weighted by Crippen LogP contribution is 2.19. The third kappa shape index (κ3) is 5.31. The number of hydrogen-bond donors (Lipinski definition) is 2. The number of imide groups is 1. The number of halogens is 2. The lowest BCUT2D eigenvalue weighted by atomic mass is 10.2. The number of carbonyl (C=O) groups is 3. The molecule has 1 aromatic rings. The maximum Gasteiger partial charge on any atom is 0.339 e. The van der Waals surface area contributed by atoms with Gasteiger partial charge in [0.05, 0.1) is 5.56 Å². The van der Waals surface area contributed by atoms with Gasteiger partial charge >= 0.3 is 12.0 Å². The molecular weight excluding hydrogens is 371 g/mol. The number of nitrogens with one attached hydrogen (secondary N) is 2. The van der Waals surface area contributed by atoms with E-state index in [1.165, 1.54) is 6.07 Å². The van der Waals surface area contributed by atoms with E-state index in [9.17, 15) is 18.8 Å². The molecule has 0 radical (unpaired) electrons. The monoisotopic (exact) mass is 386 g/mol. The largest absolute Gasteiger partial charge is 0.452 e. The first-order valence-electron chi connectivity index (χ1n) is 7.18. The molecule has 0 unspecified atom stereocenters. The van der Waals surface area contributed by atoms with Crippen molar-refractivity contribution in [1.29, 1.82) is 0 Å². The number of ether oxygens (including phenoxy) is 1. The van der Waals surface area contributed by atoms with Crippen LogP contribution in [-0.2, 0) is 9.53 Å². The minimum Gasteiger partial charge on any atom is -0.452 e. The average molecular weight is 387 g/mol. The van der Waals surface area contributed by atoms with Crippen molar-refractivity contribution < 1.29 is 23.5 Å². The van der Waals surface area contributed by atoms with Gasteiger partial charge in [0.1, 0.15) is 5.82 Å². The smallest absolute Gasteiger partial charge is 0.339 e. The van der Waals surface area contributed by atoms with Gasteiger partial charge in [0, 0.05) is 10.5 Å². The topological polar surface area (TPSA) is 84.5 Å². The zero-order valence-corrected chi connectivity index (χ0v) is 13.8. The number of carbonyl (C=O) groups excluding carboxylic acids is 3. The molecule has 2 rings (SSSR count). The van der Waals surface area contributed by atoms with E-state index in [4.69, 9.17) is 4.74 Å². The molecule has 124 valence electrons. The third-order valence-electron chi connectivity index (χ3n) is 3.43. The van der Waals surface area contributed by atoms with E-state index in [2.05, 4.69) is 26.6 Å². The van der Waals surface area contributed by atoms with Crippen LogP contribution in [0.5, 0.6) is 0 Å². The van der Waals surface area contributed by atoms with Gasteiger partial charge in [-0.2, -0.15) is 0 Å². The van der Waals surface area contributed by atoms with Gasteiger partial charge in [0.15, 0.2) is 6.61 Å². The number of amides is 3. The molecule has 0 aliphatic heterocycles. The standard InChI is InChI=1S/C15H16BrFN2O4/c16-12-7-9(17)5-6-11(12)14(21)23-8-13(20)19-15(22)18-10-3-1-2-4-10/h5-7,10H,1-4,8H2,(H2,18,19,20,22). The predicted molar refractivity (Wildman–Crippen MR) is 83.3 cm³/mol. The van der Waals surface area contributed by atoms with Crippen LogP contribution in [-0.4, -0.2) is 30.6 Å². The number of esters is 1. The minimum atomic E-state index is -0.789. The van der Waals surface area contributed by atoms with Gasteiger partial charge in [0.2, 0.25) is 0 Å². The highest BCUT2D eigenvalue weighted by atomic mass is 79.9. The molecule has 2 N–H and O–H groups in total. The summed E-state index contributed by atoms with van der Waals surface area (Å²) in [7, 11) is 0. The first-order chi connectivity index (χ1) is 11.0. The van der Waals surface area contributed by atoms with Crippen molar-refractivity contribution in [3.05, 3.63) is 34.1 Å². The second-order valence-electron chi connectivity index (χ2n) is 5.20. The maximum absolute atomic E-state index is 12.9. The summed E-state index contributed by atoms with van der Waals surface area (Å²) in [6.45, 7) is -0.596. The van der Waals surface area contributed by atoms with E-state index >= 15 is 0 Å². The van der Waals surface area contributed by atoms with E-state index in [1.807, 2.05) is 0 Å². The number of urea groups is 1. The first-order valence-corrected chi connectivity index (χ1v) is 7.97. The molecule has 1 aliphatic rings. The van der Waals surface area contributed by atoms with Crippen molar-refractivity contribution in [2.45, 2.75) is 31.7 Å². The SMILES string of the molecule is O=C(COC(=O)c1ccc(F)cc1Br)NC(=O)NC1CCCC1. The van der Waals surface area contributed by atoms with Crippen LogP contribution in [0.2, 0.25) is 0 Å². The Balaban J connectivity index is 1.77. The molecule has 3 amide bonds. The fourth-order valence-electron chi connectivity index (χ4n) is 2.32. The molecule has 1 aliphatic carbocycles. The molecule has 1 fully saturated rings. The molecule has 0 heterocycles. The van der Waals surface area contributed by atoms with E-state index in [0.717, 1.165) is 37.8 Å². The zero-order chi connectivity index (χ0) is 16.8. The van der Waals surface area contributed by atoms with Crippen LogP contribution < -0.4 is 10.6 Å². The van der Waals surface area contributed by atoms with Gasteiger partial charge in [0.25, 0.3) is 5.91 Å². The maximum atomic E-state index is 12.9. The second-order valence-corrected chi connectivity index (χ2v) is 6.06. The first kappa shape index (κ1) is 17.4. The molecule has 23 heavy (non-hydrogen) atoms. The summed E-state index contributed by atoms with van der Waals surface area (Å²) < 4.78 is 18.0. The number of benzene rings is 1. The van der Waals surface area contributed by atoms with Crippen molar-refractivity contribution in [2.75, 3.05) is 6.61 Å². The van der Waals surface area contributed by atoms with Crippen molar-refractivity contribution in [1.82, 2.24) is 10.6 Å². The van der Waals surface area contributed by atoms with Gasteiger partial charge in [-0.05, 0) is 47.0 Å². The van der Waals surface area contributed by atoms with Crippen LogP contribution in [0, 0.1) is 5.82 Å². The van der Waals surface area contributed by atoms with E-state index in [0.29, 0.717) is 0 Å². The molecule has 1 aromatic carbocycles. The van der Waals surface area contributed by atoms with Gasteiger partial charge in [-0.3, -0.25) is 10.1 Å². The summed E-state index contributed by atoms with van der Waals surface area (Å²) in [5.41, 5.74) is 0.0922. The molecule has 0 saturated heterocycles. The Morgan fingerprint density at radius 1 is 1.26 bits per heavy atom. The Hall–Kier alpha value is -1.96. The fraction of sp³-hybridized carbons (Fsp3) is 0.400. The molecule has 6 nitrogen and oxygen atoms in total. The molecule has 0 aromatic heterocycles. The second kappa shape index (κ2) is 8.05. The summed E-state index contributed by atoms with van der Waals surface area (Å²) in [5, 5.41) is 4.78. The Morgan fingerprint density at radius 2 is 1.96 bits per heavy atom. The Labute approximate surface area is 140 Å². The number of hydrogen-bond acceptors (Lipinski definition) is 4. The molecule has 0 atom stereocenters. The van der Waals surface area contributed by atoms with Gasteiger partial charge < -0.3 is 10.1 Å². The zero-order valence-electron chi connectivity index (χ0n) is 12.2. The Kier molecular flexibility index (Phi) is 6.09. The predicted octanol–water partition coefficient (Wildman–Crippen LogP) is 2.51. The lowest BCUT2D eigenvalue weighted by molar-refractivity contribution is -0.123. The van der Waals surface area contributed by atoms with Crippen LogP contribution >= 0.6 is 15.9 Å². The van der Waals surface area contributed by atoms with E-state index < -0.39 is 30.3 Å². The van der Waals surface area contributed by atoms with Crippen molar-refractivity contribution >= 4 is 33.8 Å². The lowest BCUT2D eigenvalue weighted by Crippen LogP contribution is -2.45. The third-order valence-corrected chi connectivity index (χ3v) is 4.08. The molecule has 1 saturated carbocycles. The Morgan fingerprint density at radius 3 is 2.61 bits per heavy atom. The molecule has 8 heteroatoms. The van der Waals surface area contributed by atoms with Crippen LogP contribution in [0.1, 0.15) is 36.0 Å². The lowest BCUT2D eigenvalue weighted by Gasteiger charge is -2.12. The summed E-state index contributed by atoms with van der Waals surface area (Å²) in [6, 6.07) is 2.95. The summed E-state index contributed by atoms with van der Waals surface area (Å²) in [4.78, 5) is 35.0. The molecule has 0 spiro atoms. The number of rotatable bonds is 4. The molecular formula is C15H16BrFN2O4. The summed E-state index contributed by atoms with van der Waals surface area (Å²) in [6.07, 6.45) is 3.91. The fourth-order valence-corrected chi connectivity index (χ4v) is 2.83. The normalized spacial score (nSPS) is 14.3. The van der Waals surface area contributed by atoms with Crippen LogP contribution in [0.15, 0.2) is 22.7 Å². The van der Waals surface area contributed by atoms with E-state index in [-0.39, 0.29) is 16.1 Å². The van der Waals surface area contributed by atoms with Crippen LogP contribution in [0.3, 0.4) is 0 Å². The summed E-state index contributed by atoms with van der Waals surface area (Å²) >= 11 is 3.04. The summed E-state index contributed by atoms with van der Waals surface area (Å²) in [5.74, 6) is -2.02. The molecule has 0 bridgehead atoms. The van der Waals surface area contributed by atoms with E-state index in [1.54, 1.807) is 0 Å². The quantitative estimate of drug-likeness (QED) is 0.778. The minimum absolute atomic E-state index is 0.0838. The highest BCUT2D eigenvalue weighted by Gasteiger charge is 2.19. The van der Waals surface area contributed by atoms with Gasteiger partial charge in [-0.25, -0.2) is 14.0 Å².